The van der Waals surface area contributed by atoms with Gasteiger partial charge in [-0.15, -0.1) is 0 Å². The van der Waals surface area contributed by atoms with Crippen molar-refractivity contribution in [3.05, 3.63) is 55.1 Å². The monoisotopic (exact) mass is 610 g/mol. The second kappa shape index (κ2) is 12.6. The fraction of sp³-hybridized carbons (Fsp3) is 0.467. The van der Waals surface area contributed by atoms with Crippen molar-refractivity contribution in [2.45, 2.75) is 59.4 Å². The van der Waals surface area contributed by atoms with Gasteiger partial charge in [-0.25, -0.2) is 19.5 Å². The number of anilines is 1. The lowest BCUT2D eigenvalue weighted by atomic mass is 9.99. The molecule has 0 amide bonds. The Balaban J connectivity index is 1.34. The average molecular weight is 611 g/mol. The third-order valence-electron chi connectivity index (χ3n) is 7.07. The molecular formula is C30H39N6O6P. The molecule has 0 aliphatic carbocycles. The number of imidazole rings is 1. The lowest BCUT2D eigenvalue weighted by Crippen LogP contribution is -2.37. The average Bonchev–Trinajstić information content (AvgIpc) is 3.57. The molecule has 43 heavy (non-hydrogen) atoms. The van der Waals surface area contributed by atoms with Crippen molar-refractivity contribution in [3.63, 3.8) is 0 Å². The number of carbonyl (C=O) groups is 1. The number of carbonyl (C=O) groups excluding carboxylic acids is 1. The predicted molar refractivity (Wildman–Crippen MR) is 164 cm³/mol. The molecule has 0 spiro atoms. The first-order chi connectivity index (χ1) is 20.5. The minimum atomic E-state index is -4.10. The first kappa shape index (κ1) is 30.9. The maximum absolute atomic E-state index is 14.3. The lowest BCUT2D eigenvalue weighted by Gasteiger charge is -2.25. The summed E-state index contributed by atoms with van der Waals surface area (Å²) in [4.78, 5) is 25.9. The van der Waals surface area contributed by atoms with E-state index in [1.165, 1.54) is 6.33 Å². The van der Waals surface area contributed by atoms with Crippen LogP contribution in [0, 0.1) is 11.3 Å². The number of benzene rings is 2. The van der Waals surface area contributed by atoms with E-state index >= 15 is 0 Å². The lowest BCUT2D eigenvalue weighted by molar-refractivity contribution is -0.148. The number of esters is 1. The Morgan fingerprint density at radius 1 is 1.16 bits per heavy atom. The summed E-state index contributed by atoms with van der Waals surface area (Å²) >= 11 is 0. The summed E-state index contributed by atoms with van der Waals surface area (Å²) in [5.41, 5.74) is 1.07. The molecule has 2 aromatic heterocycles. The van der Waals surface area contributed by atoms with Gasteiger partial charge < -0.3 is 19.3 Å². The standard InChI is InChI=1S/C30H39N6O6P/c1-19-14-22(41-28(19)36-18-34-25-26(31-6)32-17-33-27(25)36)15-40-43(38,35-20(2)29(37)39-16-30(3,4)5)42-24-13-9-11-21-10-7-8-12-23(21)24/h7-13,17-20,22,28H,14-16H2,1-6H3,(H,35,38)(H,31,32,33)/t19-,20+,22-,28+,43-/m0/s1. The summed E-state index contributed by atoms with van der Waals surface area (Å²) in [5, 5.41) is 7.50. The van der Waals surface area contributed by atoms with Crippen LogP contribution in [0.4, 0.5) is 5.82 Å². The molecule has 1 saturated heterocycles. The highest BCUT2D eigenvalue weighted by Gasteiger charge is 2.39. The first-order valence-electron chi connectivity index (χ1n) is 14.3. The van der Waals surface area contributed by atoms with E-state index in [2.05, 4.69) is 32.3 Å². The molecule has 0 bridgehead atoms. The van der Waals surface area contributed by atoms with Crippen molar-refractivity contribution < 1.29 is 27.9 Å². The van der Waals surface area contributed by atoms with Crippen LogP contribution in [-0.4, -0.2) is 57.9 Å². The highest BCUT2D eigenvalue weighted by molar-refractivity contribution is 7.52. The van der Waals surface area contributed by atoms with Crippen LogP contribution in [0.15, 0.2) is 55.1 Å². The Morgan fingerprint density at radius 3 is 2.70 bits per heavy atom. The third-order valence-corrected chi connectivity index (χ3v) is 8.70. The van der Waals surface area contributed by atoms with Crippen molar-refractivity contribution in [1.29, 1.82) is 0 Å². The number of hydrogen-bond donors (Lipinski definition) is 2. The van der Waals surface area contributed by atoms with Gasteiger partial charge in [-0.1, -0.05) is 64.1 Å². The van der Waals surface area contributed by atoms with Crippen molar-refractivity contribution in [3.8, 4) is 5.75 Å². The number of nitrogens with one attached hydrogen (secondary N) is 2. The molecule has 13 heteroatoms. The Morgan fingerprint density at radius 2 is 1.93 bits per heavy atom. The highest BCUT2D eigenvalue weighted by Crippen LogP contribution is 2.48. The number of rotatable bonds is 11. The third kappa shape index (κ3) is 7.15. The molecule has 12 nitrogen and oxygen atoms in total. The number of ether oxygens (including phenoxy) is 2. The van der Waals surface area contributed by atoms with Gasteiger partial charge in [-0.2, -0.15) is 5.09 Å². The van der Waals surface area contributed by atoms with Crippen LogP contribution in [0.3, 0.4) is 0 Å². The first-order valence-corrected chi connectivity index (χ1v) is 15.9. The topological polar surface area (TPSA) is 139 Å². The normalized spacial score (nSPS) is 21.0. The fourth-order valence-electron chi connectivity index (χ4n) is 4.96. The molecule has 4 aromatic rings. The number of hydrogen-bond acceptors (Lipinski definition) is 10. The largest absolute Gasteiger partial charge is 0.464 e. The molecule has 1 fully saturated rings. The van der Waals surface area contributed by atoms with Crippen LogP contribution in [0.5, 0.6) is 5.75 Å². The van der Waals surface area contributed by atoms with E-state index in [9.17, 15) is 9.36 Å². The summed E-state index contributed by atoms with van der Waals surface area (Å²) in [6.07, 6.45) is 3.03. The Bertz CT molecular complexity index is 1630. The predicted octanol–water partition coefficient (Wildman–Crippen LogP) is 5.72. The minimum Gasteiger partial charge on any atom is -0.464 e. The Labute approximate surface area is 251 Å². The summed E-state index contributed by atoms with van der Waals surface area (Å²) < 4.78 is 40.0. The van der Waals surface area contributed by atoms with Gasteiger partial charge in [0.05, 0.1) is 25.6 Å². The molecule has 1 aliphatic rings. The van der Waals surface area contributed by atoms with Gasteiger partial charge >= 0.3 is 13.7 Å². The van der Waals surface area contributed by atoms with Crippen LogP contribution >= 0.6 is 7.75 Å². The second-order valence-electron chi connectivity index (χ2n) is 12.0. The van der Waals surface area contributed by atoms with Crippen LogP contribution in [0.2, 0.25) is 0 Å². The van der Waals surface area contributed by atoms with Gasteiger partial charge in [0.15, 0.2) is 11.5 Å². The van der Waals surface area contributed by atoms with E-state index in [1.54, 1.807) is 26.4 Å². The smallest absolute Gasteiger partial charge is 0.459 e. The highest BCUT2D eigenvalue weighted by atomic mass is 31.2. The molecular weight excluding hydrogens is 571 g/mol. The summed E-state index contributed by atoms with van der Waals surface area (Å²) in [7, 11) is -2.32. The maximum atomic E-state index is 14.3. The van der Waals surface area contributed by atoms with Crippen molar-refractivity contribution >= 4 is 41.5 Å². The number of nitrogens with zero attached hydrogens (tertiary/aromatic N) is 4. The van der Waals surface area contributed by atoms with E-state index in [0.29, 0.717) is 29.2 Å². The molecule has 3 heterocycles. The molecule has 1 aliphatic heterocycles. The Kier molecular flexibility index (Phi) is 9.03. The van der Waals surface area contributed by atoms with E-state index in [0.717, 1.165) is 10.8 Å². The maximum Gasteiger partial charge on any atom is 0.459 e. The number of fused-ring (bicyclic) bond motifs is 2. The van der Waals surface area contributed by atoms with Crippen LogP contribution in [0.1, 0.15) is 47.3 Å². The quantitative estimate of drug-likeness (QED) is 0.159. The molecule has 5 atom stereocenters. The molecule has 5 rings (SSSR count). The Hall–Kier alpha value is -3.57. The molecule has 0 saturated carbocycles. The summed E-state index contributed by atoms with van der Waals surface area (Å²) in [6, 6.07) is 12.1. The molecule has 2 N–H and O–H groups in total. The SMILES string of the molecule is CNc1ncnc2c1ncn2[C@@H]1O[C@H](CO[P@@](=O)(N[C@H](C)C(=O)OCC(C)(C)C)Oc2cccc3ccccc23)C[C@@H]1C. The zero-order valence-electron chi connectivity index (χ0n) is 25.3. The van der Waals surface area contributed by atoms with Crippen LogP contribution in [-0.2, 0) is 23.4 Å². The number of aromatic nitrogens is 4. The van der Waals surface area contributed by atoms with Gasteiger partial charge in [0.1, 0.15) is 29.9 Å². The minimum absolute atomic E-state index is 0.0387. The van der Waals surface area contributed by atoms with Gasteiger partial charge in [-0.3, -0.25) is 13.9 Å². The van der Waals surface area contributed by atoms with Crippen molar-refractivity contribution in [2.24, 2.45) is 11.3 Å². The van der Waals surface area contributed by atoms with E-state index in [-0.39, 0.29) is 30.8 Å². The molecule has 230 valence electrons. The van der Waals surface area contributed by atoms with E-state index in [1.807, 2.05) is 61.7 Å². The van der Waals surface area contributed by atoms with Gasteiger partial charge in [0, 0.05) is 18.4 Å². The summed E-state index contributed by atoms with van der Waals surface area (Å²) in [5.74, 6) is 0.521. The van der Waals surface area contributed by atoms with Crippen LogP contribution < -0.4 is 14.9 Å². The second-order valence-corrected chi connectivity index (χ2v) is 13.7. The molecule has 0 unspecified atom stereocenters. The van der Waals surface area contributed by atoms with Gasteiger partial charge in [0.2, 0.25) is 0 Å². The fourth-order valence-corrected chi connectivity index (χ4v) is 6.50. The zero-order chi connectivity index (χ0) is 30.8. The molecule has 0 radical (unpaired) electrons. The van der Waals surface area contributed by atoms with Crippen molar-refractivity contribution in [1.82, 2.24) is 24.6 Å². The zero-order valence-corrected chi connectivity index (χ0v) is 26.2. The van der Waals surface area contributed by atoms with Crippen molar-refractivity contribution in [2.75, 3.05) is 25.6 Å². The van der Waals surface area contributed by atoms with Crippen LogP contribution in [0.25, 0.3) is 21.9 Å². The molecule has 2 aromatic carbocycles. The van der Waals surface area contributed by atoms with E-state index in [4.69, 9.17) is 18.5 Å². The van der Waals surface area contributed by atoms with E-state index < -0.39 is 25.9 Å². The summed E-state index contributed by atoms with van der Waals surface area (Å²) in [6.45, 7) is 9.70. The van der Waals surface area contributed by atoms with Gasteiger partial charge in [-0.05, 0) is 30.2 Å². The van der Waals surface area contributed by atoms with Gasteiger partial charge in [0.25, 0.3) is 0 Å².